The van der Waals surface area contributed by atoms with E-state index in [0.29, 0.717) is 0 Å². The van der Waals surface area contributed by atoms with Crippen molar-refractivity contribution in [2.45, 2.75) is 45.3 Å². The number of halogens is 7. The molecule has 0 aromatic heterocycles. The maximum absolute atomic E-state index is 14.0. The molecule has 3 N–H and O–H groups in total. The van der Waals surface area contributed by atoms with E-state index in [9.17, 15) is 35.8 Å². The molecule has 0 amide bonds. The predicted molar refractivity (Wildman–Crippen MR) is 68.8 cm³/mol. The molecule has 1 aromatic rings. The first-order valence-corrected chi connectivity index (χ1v) is 6.48. The summed E-state index contributed by atoms with van der Waals surface area (Å²) in [4.78, 5) is 0. The Morgan fingerprint density at radius 3 is 1.78 bits per heavy atom. The van der Waals surface area contributed by atoms with Crippen LogP contribution in [0.2, 0.25) is 0 Å². The van der Waals surface area contributed by atoms with Gasteiger partial charge in [-0.1, -0.05) is 20.8 Å². The quantitative estimate of drug-likeness (QED) is 0.785. The van der Waals surface area contributed by atoms with Crippen LogP contribution in [-0.2, 0) is 12.4 Å². The minimum atomic E-state index is -5.26. The van der Waals surface area contributed by atoms with Crippen LogP contribution in [0.3, 0.4) is 0 Å². The molecule has 0 unspecified atom stereocenters. The second-order valence-corrected chi connectivity index (χ2v) is 6.25. The molecule has 0 aliphatic heterocycles. The molecule has 9 heteroatoms. The highest BCUT2D eigenvalue weighted by atomic mass is 19.4. The topological polar surface area (TPSA) is 46.2 Å². The molecule has 132 valence electrons. The van der Waals surface area contributed by atoms with E-state index in [1.165, 1.54) is 20.8 Å². The number of rotatable bonds is 2. The van der Waals surface area contributed by atoms with E-state index in [-0.39, 0.29) is 12.1 Å². The van der Waals surface area contributed by atoms with Gasteiger partial charge in [-0.2, -0.15) is 26.3 Å². The number of aliphatic hydroxyl groups is 1. The Morgan fingerprint density at radius 2 is 1.43 bits per heavy atom. The Morgan fingerprint density at radius 1 is 0.957 bits per heavy atom. The monoisotopic (exact) mass is 347 g/mol. The fraction of sp³-hybridized carbons (Fsp3) is 0.571. The zero-order valence-corrected chi connectivity index (χ0v) is 12.5. The molecule has 0 aliphatic carbocycles. The van der Waals surface area contributed by atoms with Crippen molar-refractivity contribution in [3.63, 3.8) is 0 Å². The van der Waals surface area contributed by atoms with Crippen molar-refractivity contribution in [1.82, 2.24) is 0 Å². The second kappa shape index (κ2) is 5.94. The van der Waals surface area contributed by atoms with Crippen molar-refractivity contribution in [3.05, 3.63) is 34.6 Å². The van der Waals surface area contributed by atoms with Gasteiger partial charge in [0.25, 0.3) is 0 Å². The average Bonchev–Trinajstić information content (AvgIpc) is 2.32. The summed E-state index contributed by atoms with van der Waals surface area (Å²) in [5.41, 5.74) is -0.300. The van der Waals surface area contributed by atoms with E-state index in [1.807, 2.05) is 0 Å². The largest absolute Gasteiger partial charge is 0.416 e. The van der Waals surface area contributed by atoms with Gasteiger partial charge in [0.1, 0.15) is 5.82 Å². The molecule has 0 spiro atoms. The van der Waals surface area contributed by atoms with Crippen LogP contribution in [0.5, 0.6) is 0 Å². The molecule has 23 heavy (non-hydrogen) atoms. The van der Waals surface area contributed by atoms with Crippen LogP contribution < -0.4 is 5.73 Å². The number of benzene rings is 1. The molecular formula is C14H16F7NO. The van der Waals surface area contributed by atoms with E-state index >= 15 is 0 Å². The highest BCUT2D eigenvalue weighted by Gasteiger charge is 2.43. The zero-order chi connectivity index (χ0) is 18.4. The number of hydrogen-bond acceptors (Lipinski definition) is 2. The van der Waals surface area contributed by atoms with E-state index in [0.717, 1.165) is 0 Å². The van der Waals surface area contributed by atoms with Gasteiger partial charge in [0.2, 0.25) is 0 Å². The van der Waals surface area contributed by atoms with Crippen molar-refractivity contribution >= 4 is 0 Å². The van der Waals surface area contributed by atoms with Gasteiger partial charge in [0, 0.05) is 5.56 Å². The van der Waals surface area contributed by atoms with E-state index < -0.39 is 52.4 Å². The first-order valence-electron chi connectivity index (χ1n) is 6.48. The van der Waals surface area contributed by atoms with Gasteiger partial charge in [-0.05, 0) is 17.5 Å². The molecule has 2 nitrogen and oxygen atoms in total. The van der Waals surface area contributed by atoms with Gasteiger partial charge in [0.15, 0.2) is 0 Å². The van der Waals surface area contributed by atoms with Gasteiger partial charge in [-0.25, -0.2) is 4.39 Å². The highest BCUT2D eigenvalue weighted by Crippen LogP contribution is 2.42. The van der Waals surface area contributed by atoms with Crippen molar-refractivity contribution in [3.8, 4) is 0 Å². The number of hydrogen-bond donors (Lipinski definition) is 2. The first-order chi connectivity index (χ1) is 10.1. The Labute approximate surface area is 128 Å². The lowest BCUT2D eigenvalue weighted by Crippen LogP contribution is -2.38. The van der Waals surface area contributed by atoms with Gasteiger partial charge in [-0.15, -0.1) is 0 Å². The lowest BCUT2D eigenvalue weighted by Gasteiger charge is -2.32. The summed E-state index contributed by atoms with van der Waals surface area (Å²) in [7, 11) is 0. The summed E-state index contributed by atoms with van der Waals surface area (Å²) in [6.07, 6.45) is -12.0. The van der Waals surface area contributed by atoms with Crippen molar-refractivity contribution in [2.75, 3.05) is 0 Å². The number of nitrogens with two attached hydrogens (primary N) is 1. The SMILES string of the molecule is CC(C)(C)[C@@H](O)[C@@H](N)c1c(F)cc(C(F)(F)F)cc1C(F)(F)F. The third-order valence-electron chi connectivity index (χ3n) is 3.32. The highest BCUT2D eigenvalue weighted by molar-refractivity contribution is 5.39. The second-order valence-electron chi connectivity index (χ2n) is 6.25. The van der Waals surface area contributed by atoms with E-state index in [4.69, 9.17) is 5.73 Å². The average molecular weight is 347 g/mol. The maximum atomic E-state index is 14.0. The molecule has 0 saturated heterocycles. The summed E-state index contributed by atoms with van der Waals surface area (Å²) < 4.78 is 90.9. The van der Waals surface area contributed by atoms with Crippen LogP contribution in [0, 0.1) is 11.2 Å². The number of alkyl halides is 6. The summed E-state index contributed by atoms with van der Waals surface area (Å²) >= 11 is 0. The molecule has 1 aromatic carbocycles. The fourth-order valence-corrected chi connectivity index (χ4v) is 2.05. The molecule has 0 bridgehead atoms. The Kier molecular flexibility index (Phi) is 5.08. The van der Waals surface area contributed by atoms with Crippen molar-refractivity contribution in [1.29, 1.82) is 0 Å². The van der Waals surface area contributed by atoms with E-state index in [1.54, 1.807) is 0 Å². The third-order valence-corrected chi connectivity index (χ3v) is 3.32. The van der Waals surface area contributed by atoms with Gasteiger partial charge < -0.3 is 10.8 Å². The minimum Gasteiger partial charge on any atom is -0.391 e. The summed E-state index contributed by atoms with van der Waals surface area (Å²) in [6, 6.07) is -2.10. The van der Waals surface area contributed by atoms with Gasteiger partial charge >= 0.3 is 12.4 Å². The molecule has 2 atom stereocenters. The summed E-state index contributed by atoms with van der Waals surface area (Å²) in [5, 5.41) is 9.97. The molecule has 0 fully saturated rings. The molecule has 0 radical (unpaired) electrons. The fourth-order valence-electron chi connectivity index (χ4n) is 2.05. The number of aliphatic hydroxyl groups excluding tert-OH is 1. The van der Waals surface area contributed by atoms with Crippen LogP contribution in [0.1, 0.15) is 43.5 Å². The Balaban J connectivity index is 3.60. The predicted octanol–water partition coefficient (Wildman–Crippen LogP) is 4.27. The zero-order valence-electron chi connectivity index (χ0n) is 12.5. The summed E-state index contributed by atoms with van der Waals surface area (Å²) in [5.74, 6) is -1.76. The first kappa shape index (κ1) is 19.7. The summed E-state index contributed by atoms with van der Waals surface area (Å²) in [6.45, 7) is 4.35. The van der Waals surface area contributed by atoms with Crippen molar-refractivity contribution < 1.29 is 35.8 Å². The van der Waals surface area contributed by atoms with Crippen molar-refractivity contribution in [2.24, 2.45) is 11.1 Å². The smallest absolute Gasteiger partial charge is 0.391 e. The minimum absolute atomic E-state index is 0.0557. The Hall–Kier alpha value is -1.35. The van der Waals surface area contributed by atoms with Crippen LogP contribution >= 0.6 is 0 Å². The molecule has 0 heterocycles. The molecule has 0 aliphatic rings. The van der Waals surface area contributed by atoms with E-state index in [2.05, 4.69) is 0 Å². The normalized spacial score (nSPS) is 16.3. The van der Waals surface area contributed by atoms with Crippen LogP contribution in [0.15, 0.2) is 12.1 Å². The van der Waals surface area contributed by atoms with Gasteiger partial charge in [-0.3, -0.25) is 0 Å². The molecular weight excluding hydrogens is 331 g/mol. The lowest BCUT2D eigenvalue weighted by atomic mass is 9.81. The maximum Gasteiger partial charge on any atom is 0.416 e. The molecule has 1 rings (SSSR count). The van der Waals surface area contributed by atoms with Crippen LogP contribution in [0.4, 0.5) is 30.7 Å². The Bertz CT molecular complexity index is 572. The van der Waals surface area contributed by atoms with Gasteiger partial charge in [0.05, 0.1) is 23.3 Å². The van der Waals surface area contributed by atoms with Crippen LogP contribution in [-0.4, -0.2) is 11.2 Å². The third kappa shape index (κ3) is 4.35. The standard InChI is InChI=1S/C14H16F7NO/c1-12(2,3)11(23)10(22)9-7(14(19,20)21)4-6(5-8(9)15)13(16,17)18/h4-5,10-11,23H,22H2,1-3H3/t10-,11-/m0/s1. The van der Waals surface area contributed by atoms with Crippen LogP contribution in [0.25, 0.3) is 0 Å². The lowest BCUT2D eigenvalue weighted by molar-refractivity contribution is -0.144. The molecule has 0 saturated carbocycles.